The second-order valence-corrected chi connectivity index (χ2v) is 4.73. The van der Waals surface area contributed by atoms with Crippen molar-refractivity contribution < 1.29 is 9.15 Å². The lowest BCUT2D eigenvalue weighted by molar-refractivity contribution is 0.314. The first-order chi connectivity index (χ1) is 9.72. The van der Waals surface area contributed by atoms with Crippen molar-refractivity contribution >= 4 is 11.7 Å². The first-order valence-corrected chi connectivity index (χ1v) is 6.38. The van der Waals surface area contributed by atoms with Crippen LogP contribution in [-0.4, -0.2) is 37.2 Å². The molecule has 1 aliphatic heterocycles. The summed E-state index contributed by atoms with van der Waals surface area (Å²) in [5.41, 5.74) is 7.60. The molecule has 0 aliphatic carbocycles. The zero-order valence-corrected chi connectivity index (χ0v) is 11.2. The predicted molar refractivity (Wildman–Crippen MR) is 76.6 cm³/mol. The summed E-state index contributed by atoms with van der Waals surface area (Å²) in [5.74, 6) is 0.756. The van der Waals surface area contributed by atoms with Crippen LogP contribution >= 0.6 is 0 Å². The average Bonchev–Trinajstić information content (AvgIpc) is 3.11. The summed E-state index contributed by atoms with van der Waals surface area (Å²) < 4.78 is 10.5. The van der Waals surface area contributed by atoms with Crippen LogP contribution < -0.4 is 10.6 Å². The van der Waals surface area contributed by atoms with Crippen LogP contribution in [0.5, 0.6) is 0 Å². The lowest BCUT2D eigenvalue weighted by atomic mass is 10.1. The van der Waals surface area contributed by atoms with Gasteiger partial charge in [0.15, 0.2) is 12.2 Å². The molecule has 2 heterocycles. The van der Waals surface area contributed by atoms with Gasteiger partial charge in [-0.05, 0) is 12.1 Å². The average molecular weight is 272 g/mol. The molecule has 0 amide bonds. The van der Waals surface area contributed by atoms with Gasteiger partial charge in [0.05, 0.1) is 6.20 Å². The van der Waals surface area contributed by atoms with E-state index in [9.17, 15) is 0 Å². The van der Waals surface area contributed by atoms with E-state index in [0.29, 0.717) is 6.61 Å². The Hall–Kier alpha value is -2.50. The van der Waals surface area contributed by atoms with E-state index in [2.05, 4.69) is 20.9 Å². The number of ether oxygens (including phenoxy) is 1. The second-order valence-electron chi connectivity index (χ2n) is 4.73. The first kappa shape index (κ1) is 12.5. The van der Waals surface area contributed by atoms with Crippen molar-refractivity contribution in [3.05, 3.63) is 36.9 Å². The Kier molecular flexibility index (Phi) is 3.28. The second kappa shape index (κ2) is 5.24. The molecule has 0 radical (unpaired) electrons. The van der Waals surface area contributed by atoms with E-state index in [1.165, 1.54) is 6.39 Å². The normalized spacial score (nSPS) is 17.6. The summed E-state index contributed by atoms with van der Waals surface area (Å²) in [5, 5.41) is 0. The van der Waals surface area contributed by atoms with E-state index in [-0.39, 0.29) is 12.1 Å². The molecule has 3 rings (SSSR count). The van der Waals surface area contributed by atoms with Gasteiger partial charge in [0.2, 0.25) is 0 Å². The highest BCUT2D eigenvalue weighted by atomic mass is 16.5. The van der Waals surface area contributed by atoms with E-state index in [1.54, 1.807) is 6.20 Å². The van der Waals surface area contributed by atoms with Crippen molar-refractivity contribution in [2.24, 2.45) is 10.7 Å². The molecule has 0 spiro atoms. The first-order valence-electron chi connectivity index (χ1n) is 6.38. The molecular formula is C14H16N4O2. The number of aromatic nitrogens is 1. The molecule has 2 N–H and O–H groups in total. The van der Waals surface area contributed by atoms with Crippen LogP contribution in [0, 0.1) is 0 Å². The molecule has 20 heavy (non-hydrogen) atoms. The van der Waals surface area contributed by atoms with Gasteiger partial charge in [0.25, 0.3) is 6.02 Å². The number of hydrogen-bond donors (Lipinski definition) is 1. The van der Waals surface area contributed by atoms with E-state index in [4.69, 9.17) is 14.9 Å². The fraction of sp³-hybridized carbons (Fsp3) is 0.286. The van der Waals surface area contributed by atoms with Gasteiger partial charge < -0.3 is 19.8 Å². The number of amidine groups is 1. The smallest absolute Gasteiger partial charge is 0.282 e. The number of oxazole rings is 1. The van der Waals surface area contributed by atoms with Crippen molar-refractivity contribution in [1.82, 2.24) is 4.98 Å². The van der Waals surface area contributed by atoms with Crippen molar-refractivity contribution in [2.75, 3.05) is 25.1 Å². The number of nitrogens with two attached hydrogens (primary N) is 1. The Balaban J connectivity index is 1.75. The van der Waals surface area contributed by atoms with Crippen LogP contribution in [0.25, 0.3) is 11.3 Å². The van der Waals surface area contributed by atoms with E-state index < -0.39 is 0 Å². The van der Waals surface area contributed by atoms with Gasteiger partial charge in [-0.1, -0.05) is 12.1 Å². The summed E-state index contributed by atoms with van der Waals surface area (Å²) >= 11 is 0. The summed E-state index contributed by atoms with van der Waals surface area (Å²) in [6.07, 6.45) is 3.13. The predicted octanol–water partition coefficient (Wildman–Crippen LogP) is 1.49. The van der Waals surface area contributed by atoms with E-state index in [0.717, 1.165) is 23.6 Å². The minimum Gasteiger partial charge on any atom is -0.463 e. The fourth-order valence-corrected chi connectivity index (χ4v) is 2.21. The molecule has 1 atom stereocenters. The number of benzene rings is 1. The number of hydrogen-bond acceptors (Lipinski definition) is 6. The molecule has 0 fully saturated rings. The molecule has 2 aromatic rings. The number of rotatable bonds is 4. The van der Waals surface area contributed by atoms with Crippen molar-refractivity contribution in [2.45, 2.75) is 6.04 Å². The van der Waals surface area contributed by atoms with Crippen LogP contribution in [0.4, 0.5) is 5.69 Å². The van der Waals surface area contributed by atoms with Crippen LogP contribution in [0.1, 0.15) is 0 Å². The number of likely N-dealkylation sites (N-methyl/N-ethyl adjacent to an activating group) is 1. The van der Waals surface area contributed by atoms with Gasteiger partial charge in [-0.25, -0.2) is 9.98 Å². The Bertz CT molecular complexity index is 609. The lowest BCUT2D eigenvalue weighted by Gasteiger charge is -2.21. The highest BCUT2D eigenvalue weighted by Crippen LogP contribution is 2.24. The van der Waals surface area contributed by atoms with Crippen LogP contribution in [0.3, 0.4) is 0 Å². The minimum atomic E-state index is 0.0777. The zero-order valence-electron chi connectivity index (χ0n) is 11.2. The standard InChI is InChI=1S/C14H16N4O2/c1-18(7-11-8-19-14(15)17-11)12-4-2-3-10(5-12)13-6-16-9-20-13/h2-6,9,11H,7-8H2,1H3,(H2,15,17). The topological polar surface area (TPSA) is 76.9 Å². The van der Waals surface area contributed by atoms with Gasteiger partial charge in [-0.3, -0.25) is 0 Å². The molecule has 6 heteroatoms. The van der Waals surface area contributed by atoms with Gasteiger partial charge in [0, 0.05) is 24.8 Å². The summed E-state index contributed by atoms with van der Waals surface area (Å²) in [6, 6.07) is 8.44. The third-order valence-corrected chi connectivity index (χ3v) is 3.22. The highest BCUT2D eigenvalue weighted by Gasteiger charge is 2.18. The largest absolute Gasteiger partial charge is 0.463 e. The summed E-state index contributed by atoms with van der Waals surface area (Å²) in [7, 11) is 2.02. The zero-order chi connectivity index (χ0) is 13.9. The molecule has 1 aromatic carbocycles. The lowest BCUT2D eigenvalue weighted by Crippen LogP contribution is -2.28. The molecule has 1 unspecified atom stereocenters. The van der Waals surface area contributed by atoms with Gasteiger partial charge in [-0.2, -0.15) is 0 Å². The Morgan fingerprint density at radius 3 is 3.05 bits per heavy atom. The van der Waals surface area contributed by atoms with Gasteiger partial charge in [-0.15, -0.1) is 0 Å². The third-order valence-electron chi connectivity index (χ3n) is 3.22. The van der Waals surface area contributed by atoms with Gasteiger partial charge in [0.1, 0.15) is 12.6 Å². The van der Waals surface area contributed by atoms with E-state index in [1.807, 2.05) is 25.2 Å². The van der Waals surface area contributed by atoms with Crippen LogP contribution in [0.15, 0.2) is 46.3 Å². The minimum absolute atomic E-state index is 0.0777. The Morgan fingerprint density at radius 1 is 1.45 bits per heavy atom. The SMILES string of the molecule is CN(CC1COC(N)=N1)c1cccc(-c2cnco2)c1. The van der Waals surface area contributed by atoms with Crippen molar-refractivity contribution in [3.63, 3.8) is 0 Å². The Morgan fingerprint density at radius 2 is 2.35 bits per heavy atom. The Labute approximate surface area is 116 Å². The molecule has 104 valence electrons. The molecule has 0 bridgehead atoms. The number of anilines is 1. The number of nitrogens with zero attached hydrogens (tertiary/aromatic N) is 3. The summed E-state index contributed by atoms with van der Waals surface area (Å²) in [6.45, 7) is 1.29. The maximum atomic E-state index is 5.52. The molecule has 0 saturated heterocycles. The quantitative estimate of drug-likeness (QED) is 0.912. The molecule has 0 saturated carbocycles. The highest BCUT2D eigenvalue weighted by molar-refractivity contribution is 5.73. The molecule has 6 nitrogen and oxygen atoms in total. The van der Waals surface area contributed by atoms with Crippen molar-refractivity contribution in [1.29, 1.82) is 0 Å². The summed E-state index contributed by atoms with van der Waals surface area (Å²) in [4.78, 5) is 10.3. The molecular weight excluding hydrogens is 256 g/mol. The van der Waals surface area contributed by atoms with E-state index >= 15 is 0 Å². The van der Waals surface area contributed by atoms with Crippen LogP contribution in [0.2, 0.25) is 0 Å². The van der Waals surface area contributed by atoms with Gasteiger partial charge >= 0.3 is 0 Å². The fourth-order valence-electron chi connectivity index (χ4n) is 2.21. The molecule has 1 aromatic heterocycles. The maximum Gasteiger partial charge on any atom is 0.282 e. The number of aliphatic imine (C=N–C) groups is 1. The molecule has 1 aliphatic rings. The monoisotopic (exact) mass is 272 g/mol. The van der Waals surface area contributed by atoms with Crippen molar-refractivity contribution in [3.8, 4) is 11.3 Å². The maximum absolute atomic E-state index is 5.52. The third kappa shape index (κ3) is 2.59. The van der Waals surface area contributed by atoms with Crippen LogP contribution in [-0.2, 0) is 4.74 Å².